The monoisotopic (exact) mass is 491 g/mol. The second-order valence-electron chi connectivity index (χ2n) is 7.79. The van der Waals surface area contributed by atoms with Crippen LogP contribution in [-0.4, -0.2) is 44.2 Å². The maximum atomic E-state index is 13.1. The van der Waals surface area contributed by atoms with Gasteiger partial charge < -0.3 is 5.11 Å². The number of nitrogens with one attached hydrogen (secondary N) is 1. The number of nitrogens with zero attached hydrogens (tertiary/aromatic N) is 4. The van der Waals surface area contributed by atoms with E-state index in [9.17, 15) is 18.3 Å². The van der Waals surface area contributed by atoms with Crippen LogP contribution in [-0.2, 0) is 21.4 Å². The first-order chi connectivity index (χ1) is 15.2. The van der Waals surface area contributed by atoms with Crippen molar-refractivity contribution in [3.8, 4) is 0 Å². The topological polar surface area (TPSA) is 119 Å². The maximum absolute atomic E-state index is 13.1. The van der Waals surface area contributed by atoms with Crippen molar-refractivity contribution >= 4 is 43.9 Å². The molecule has 166 valence electrons. The van der Waals surface area contributed by atoms with Gasteiger partial charge in [-0.15, -0.1) is 0 Å². The number of aromatic nitrogens is 4. The summed E-state index contributed by atoms with van der Waals surface area (Å²) in [7, 11) is -4.08. The normalized spacial score (nSPS) is 22.9. The van der Waals surface area contributed by atoms with Gasteiger partial charge in [0.1, 0.15) is 5.54 Å². The molecule has 1 fully saturated rings. The van der Waals surface area contributed by atoms with E-state index in [0.717, 1.165) is 16.9 Å². The van der Waals surface area contributed by atoms with Crippen molar-refractivity contribution in [1.82, 2.24) is 23.9 Å². The molecule has 4 aromatic rings. The van der Waals surface area contributed by atoms with E-state index in [2.05, 4.69) is 14.8 Å². The molecule has 0 spiro atoms. The maximum Gasteiger partial charge on any atom is 0.325 e. The van der Waals surface area contributed by atoms with Gasteiger partial charge in [-0.05, 0) is 11.5 Å². The summed E-state index contributed by atoms with van der Waals surface area (Å²) in [6, 6.07) is 9.08. The molecule has 0 saturated heterocycles. The van der Waals surface area contributed by atoms with Gasteiger partial charge in [0.15, 0.2) is 9.17 Å². The number of aliphatic carboxylic acids is 1. The van der Waals surface area contributed by atoms with Gasteiger partial charge in [0.05, 0.1) is 23.5 Å². The Balaban J connectivity index is 1.41. The van der Waals surface area contributed by atoms with Crippen LogP contribution in [0.15, 0.2) is 59.3 Å². The minimum absolute atomic E-state index is 0.000204. The number of sulfonamides is 1. The average molecular weight is 492 g/mol. The molecule has 3 aromatic heterocycles. The van der Waals surface area contributed by atoms with Gasteiger partial charge in [-0.2, -0.15) is 9.82 Å². The molecule has 1 aromatic carbocycles. The van der Waals surface area contributed by atoms with Gasteiger partial charge in [0.2, 0.25) is 0 Å². The Kier molecular flexibility index (Phi) is 4.89. The number of hydrogen-bond acceptors (Lipinski definition) is 6. The summed E-state index contributed by atoms with van der Waals surface area (Å²) >= 11 is 6.84. The first-order valence-electron chi connectivity index (χ1n) is 9.68. The van der Waals surface area contributed by atoms with Crippen molar-refractivity contribution in [2.45, 2.75) is 29.1 Å². The summed E-state index contributed by atoms with van der Waals surface area (Å²) in [5, 5.41) is 14.6. The summed E-state index contributed by atoms with van der Waals surface area (Å²) in [5.41, 5.74) is -0.110. The van der Waals surface area contributed by atoms with Crippen LogP contribution in [0.3, 0.4) is 0 Å². The predicted molar refractivity (Wildman–Crippen MR) is 118 cm³/mol. The molecule has 1 aliphatic carbocycles. The molecule has 0 radical (unpaired) electrons. The summed E-state index contributed by atoms with van der Waals surface area (Å²) < 4.78 is 32.0. The summed E-state index contributed by atoms with van der Waals surface area (Å²) in [5.74, 6) is -2.04. The lowest BCUT2D eigenvalue weighted by molar-refractivity contribution is -0.140. The average Bonchev–Trinajstić information content (AvgIpc) is 3.15. The van der Waals surface area contributed by atoms with E-state index in [1.165, 1.54) is 12.4 Å². The lowest BCUT2D eigenvalue weighted by atomic mass is 10.1. The van der Waals surface area contributed by atoms with E-state index >= 15 is 0 Å². The number of fused-ring (bicyclic) bond motifs is 1. The van der Waals surface area contributed by atoms with Crippen molar-refractivity contribution < 1.29 is 18.3 Å². The SMILES string of the molecule is CC1[C@H](c2ccccc2)[C@]1(NS(=O)(=O)c1cn2cc(Cn3cc(Cl)cn3)nc2s1)C(=O)O. The summed E-state index contributed by atoms with van der Waals surface area (Å²) in [6.07, 6.45) is 6.34. The largest absolute Gasteiger partial charge is 0.480 e. The van der Waals surface area contributed by atoms with E-state index in [0.29, 0.717) is 22.2 Å². The van der Waals surface area contributed by atoms with E-state index in [-0.39, 0.29) is 4.21 Å². The Morgan fingerprint density at radius 2 is 2.03 bits per heavy atom. The van der Waals surface area contributed by atoms with Crippen molar-refractivity contribution in [3.63, 3.8) is 0 Å². The fourth-order valence-corrected chi connectivity index (χ4v) is 7.05. The molecule has 0 aliphatic heterocycles. The third kappa shape index (κ3) is 3.41. The molecule has 1 saturated carbocycles. The van der Waals surface area contributed by atoms with Crippen LogP contribution >= 0.6 is 22.9 Å². The fraction of sp³-hybridized carbons (Fsp3) is 0.250. The molecule has 12 heteroatoms. The van der Waals surface area contributed by atoms with Crippen LogP contribution in [0.2, 0.25) is 5.02 Å². The molecule has 3 atom stereocenters. The number of halogens is 1. The summed E-state index contributed by atoms with van der Waals surface area (Å²) in [4.78, 5) is 17.1. The zero-order chi connectivity index (χ0) is 22.7. The smallest absolute Gasteiger partial charge is 0.325 e. The zero-order valence-electron chi connectivity index (χ0n) is 16.7. The number of imidazole rings is 1. The molecular weight excluding hydrogens is 474 g/mol. The second-order valence-corrected chi connectivity index (χ2v) is 11.1. The lowest BCUT2D eigenvalue weighted by Gasteiger charge is -2.15. The van der Waals surface area contributed by atoms with E-state index in [1.54, 1.807) is 28.4 Å². The predicted octanol–water partition coefficient (Wildman–Crippen LogP) is 2.83. The van der Waals surface area contributed by atoms with Gasteiger partial charge in [-0.25, -0.2) is 13.4 Å². The molecule has 0 amide bonds. The quantitative estimate of drug-likeness (QED) is 0.410. The van der Waals surface area contributed by atoms with Gasteiger partial charge in [0, 0.05) is 24.5 Å². The van der Waals surface area contributed by atoms with E-state index in [1.807, 2.05) is 30.3 Å². The minimum Gasteiger partial charge on any atom is -0.480 e. The standard InChI is InChI=1S/C20H18ClN5O4S2/c1-12-17(13-5-3-2-4-6-13)20(12,18(27)28)24-32(29,30)16-11-25-9-15(23-19(25)31-16)10-26-8-14(21)7-22-26/h2-9,11-12,17,24H,10H2,1H3,(H,27,28)/t12?,17-,20+/m1/s1. The number of carbonyl (C=O) groups is 1. The fourth-order valence-electron chi connectivity index (χ4n) is 4.19. The third-order valence-electron chi connectivity index (χ3n) is 5.79. The lowest BCUT2D eigenvalue weighted by Crippen LogP contribution is -2.45. The molecule has 0 bridgehead atoms. The number of rotatable bonds is 7. The highest BCUT2D eigenvalue weighted by molar-refractivity contribution is 7.91. The summed E-state index contributed by atoms with van der Waals surface area (Å²) in [6.45, 7) is 2.13. The molecule has 5 rings (SSSR count). The first kappa shape index (κ1) is 21.1. The van der Waals surface area contributed by atoms with Crippen molar-refractivity contribution in [2.24, 2.45) is 5.92 Å². The highest BCUT2D eigenvalue weighted by atomic mass is 35.5. The van der Waals surface area contributed by atoms with Crippen LogP contribution in [0.5, 0.6) is 0 Å². The van der Waals surface area contributed by atoms with Crippen LogP contribution in [0.1, 0.15) is 24.1 Å². The number of thiazole rings is 1. The Morgan fingerprint density at radius 1 is 1.28 bits per heavy atom. The number of carboxylic acids is 1. The Bertz CT molecular complexity index is 1400. The van der Waals surface area contributed by atoms with Crippen molar-refractivity contribution in [2.75, 3.05) is 0 Å². The van der Waals surface area contributed by atoms with Gasteiger partial charge >= 0.3 is 5.97 Å². The third-order valence-corrected chi connectivity index (χ3v) is 8.93. The molecule has 2 N–H and O–H groups in total. The minimum atomic E-state index is -4.08. The highest BCUT2D eigenvalue weighted by Crippen LogP contribution is 2.58. The van der Waals surface area contributed by atoms with Crippen molar-refractivity contribution in [1.29, 1.82) is 0 Å². The molecule has 9 nitrogen and oxygen atoms in total. The van der Waals surface area contributed by atoms with Gasteiger partial charge in [-0.3, -0.25) is 13.9 Å². The molecule has 3 heterocycles. The molecular formula is C20H18ClN5O4S2. The molecule has 1 aliphatic rings. The first-order valence-corrected chi connectivity index (χ1v) is 12.4. The highest BCUT2D eigenvalue weighted by Gasteiger charge is 2.70. The van der Waals surface area contributed by atoms with E-state index < -0.39 is 33.4 Å². The Hall–Kier alpha value is -2.73. The van der Waals surface area contributed by atoms with Crippen molar-refractivity contribution in [3.05, 3.63) is 71.4 Å². The Labute approximate surface area is 192 Å². The van der Waals surface area contributed by atoms with Crippen LogP contribution in [0, 0.1) is 5.92 Å². The van der Waals surface area contributed by atoms with E-state index in [4.69, 9.17) is 11.6 Å². The van der Waals surface area contributed by atoms with Gasteiger partial charge in [-0.1, -0.05) is 60.2 Å². The van der Waals surface area contributed by atoms with Crippen LogP contribution < -0.4 is 4.72 Å². The Morgan fingerprint density at radius 3 is 2.66 bits per heavy atom. The van der Waals surface area contributed by atoms with Crippen LogP contribution in [0.25, 0.3) is 4.96 Å². The second kappa shape index (κ2) is 7.41. The number of hydrogen-bond donors (Lipinski definition) is 2. The number of benzene rings is 1. The molecule has 1 unspecified atom stereocenters. The zero-order valence-corrected chi connectivity index (χ0v) is 19.1. The number of carboxylic acid groups (broad SMARTS) is 1. The molecule has 32 heavy (non-hydrogen) atoms. The van der Waals surface area contributed by atoms with Crippen LogP contribution in [0.4, 0.5) is 0 Å². The van der Waals surface area contributed by atoms with Gasteiger partial charge in [0.25, 0.3) is 10.0 Å².